The summed E-state index contributed by atoms with van der Waals surface area (Å²) in [4.78, 5) is 23.8. The van der Waals surface area contributed by atoms with E-state index in [9.17, 15) is 14.7 Å². The van der Waals surface area contributed by atoms with E-state index in [1.165, 1.54) is 0 Å². The van der Waals surface area contributed by atoms with E-state index in [0.29, 0.717) is 17.7 Å². The van der Waals surface area contributed by atoms with Crippen molar-refractivity contribution in [2.45, 2.75) is 38.6 Å². The number of carboxylic acid groups (broad SMARTS) is 1. The molecule has 20 heavy (non-hydrogen) atoms. The van der Waals surface area contributed by atoms with E-state index in [4.69, 9.17) is 0 Å². The summed E-state index contributed by atoms with van der Waals surface area (Å²) in [5.74, 6) is -1.17. The maximum Gasteiger partial charge on any atom is 0.338 e. The van der Waals surface area contributed by atoms with E-state index in [1.54, 1.807) is 25.1 Å². The molecular formula is C15H20N2O3. The summed E-state index contributed by atoms with van der Waals surface area (Å²) in [5.41, 5.74) is 0.592. The molecule has 3 N–H and O–H groups in total. The molecule has 0 aliphatic carbocycles. The van der Waals surface area contributed by atoms with Crippen molar-refractivity contribution >= 4 is 17.6 Å². The Labute approximate surface area is 118 Å². The van der Waals surface area contributed by atoms with E-state index >= 15 is 0 Å². The maximum absolute atomic E-state index is 12.5. The summed E-state index contributed by atoms with van der Waals surface area (Å²) < 4.78 is 0. The summed E-state index contributed by atoms with van der Waals surface area (Å²) >= 11 is 0. The second-order valence-corrected chi connectivity index (χ2v) is 5.22. The Kier molecular flexibility index (Phi) is 4.09. The Morgan fingerprint density at radius 1 is 1.45 bits per heavy atom. The number of benzene rings is 1. The van der Waals surface area contributed by atoms with Gasteiger partial charge in [0.25, 0.3) is 0 Å². The first-order valence-corrected chi connectivity index (χ1v) is 6.89. The maximum atomic E-state index is 12.5. The molecule has 0 radical (unpaired) electrons. The number of aromatic carboxylic acids is 1. The first-order chi connectivity index (χ1) is 9.50. The standard InChI is InChI=1S/C15H20N2O3/c1-3-15(8-5-9-16-15)14(20)17-11-7-4-6-10(2)12(11)13(18)19/h4,6-7,16H,3,5,8-9H2,1-2H3,(H,17,20)(H,18,19). The highest BCUT2D eigenvalue weighted by atomic mass is 16.4. The van der Waals surface area contributed by atoms with Crippen LogP contribution in [0, 0.1) is 6.92 Å². The van der Waals surface area contributed by atoms with Gasteiger partial charge >= 0.3 is 5.97 Å². The number of hydrogen-bond acceptors (Lipinski definition) is 3. The van der Waals surface area contributed by atoms with Crippen molar-refractivity contribution in [2.75, 3.05) is 11.9 Å². The van der Waals surface area contributed by atoms with Crippen LogP contribution in [-0.2, 0) is 4.79 Å². The molecule has 1 heterocycles. The van der Waals surface area contributed by atoms with Crippen molar-refractivity contribution in [1.29, 1.82) is 0 Å². The fourth-order valence-electron chi connectivity index (χ4n) is 2.76. The van der Waals surface area contributed by atoms with Crippen LogP contribution in [-0.4, -0.2) is 29.1 Å². The predicted molar refractivity (Wildman–Crippen MR) is 77.0 cm³/mol. The van der Waals surface area contributed by atoms with Gasteiger partial charge in [-0.05, 0) is 44.4 Å². The highest BCUT2D eigenvalue weighted by Crippen LogP contribution is 2.26. The molecule has 0 aromatic heterocycles. The average molecular weight is 276 g/mol. The van der Waals surface area contributed by atoms with E-state index in [0.717, 1.165) is 19.4 Å². The second kappa shape index (κ2) is 5.63. The predicted octanol–water partition coefficient (Wildman–Crippen LogP) is 2.16. The Hall–Kier alpha value is -1.88. The van der Waals surface area contributed by atoms with Crippen molar-refractivity contribution in [3.05, 3.63) is 29.3 Å². The molecule has 0 saturated carbocycles. The van der Waals surface area contributed by atoms with E-state index < -0.39 is 11.5 Å². The van der Waals surface area contributed by atoms with Gasteiger partial charge in [0.15, 0.2) is 0 Å². The van der Waals surface area contributed by atoms with Crippen molar-refractivity contribution in [3.8, 4) is 0 Å². The van der Waals surface area contributed by atoms with Crippen molar-refractivity contribution < 1.29 is 14.7 Å². The minimum atomic E-state index is -1.02. The number of rotatable bonds is 4. The first-order valence-electron chi connectivity index (χ1n) is 6.89. The summed E-state index contributed by atoms with van der Waals surface area (Å²) in [6, 6.07) is 5.10. The van der Waals surface area contributed by atoms with Gasteiger partial charge in [-0.1, -0.05) is 19.1 Å². The molecule has 1 aromatic rings. The van der Waals surface area contributed by atoms with Crippen LogP contribution in [0.3, 0.4) is 0 Å². The SMILES string of the molecule is CCC1(C(=O)Nc2cccc(C)c2C(=O)O)CCCN1. The number of amides is 1. The van der Waals surface area contributed by atoms with Gasteiger partial charge in [0.2, 0.25) is 5.91 Å². The monoisotopic (exact) mass is 276 g/mol. The lowest BCUT2D eigenvalue weighted by Gasteiger charge is -2.27. The van der Waals surface area contributed by atoms with Crippen LogP contribution in [0.15, 0.2) is 18.2 Å². The minimum Gasteiger partial charge on any atom is -0.478 e. The molecule has 2 rings (SSSR count). The fraction of sp³-hybridized carbons (Fsp3) is 0.467. The lowest BCUT2D eigenvalue weighted by Crippen LogP contribution is -2.50. The Morgan fingerprint density at radius 3 is 2.75 bits per heavy atom. The van der Waals surface area contributed by atoms with Crippen molar-refractivity contribution in [2.24, 2.45) is 0 Å². The van der Waals surface area contributed by atoms with Gasteiger partial charge in [0.1, 0.15) is 0 Å². The van der Waals surface area contributed by atoms with Gasteiger partial charge in [0, 0.05) is 0 Å². The van der Waals surface area contributed by atoms with E-state index in [-0.39, 0.29) is 11.5 Å². The summed E-state index contributed by atoms with van der Waals surface area (Å²) in [6.07, 6.45) is 2.43. The fourth-order valence-corrected chi connectivity index (χ4v) is 2.76. The summed E-state index contributed by atoms with van der Waals surface area (Å²) in [7, 11) is 0. The Morgan fingerprint density at radius 2 is 2.20 bits per heavy atom. The zero-order valence-corrected chi connectivity index (χ0v) is 11.8. The lowest BCUT2D eigenvalue weighted by molar-refractivity contribution is -0.122. The molecule has 1 aliphatic heterocycles. The van der Waals surface area contributed by atoms with Gasteiger partial charge in [-0.25, -0.2) is 4.79 Å². The number of carbonyl (C=O) groups excluding carboxylic acids is 1. The molecule has 1 saturated heterocycles. The number of hydrogen-bond donors (Lipinski definition) is 3. The molecule has 5 nitrogen and oxygen atoms in total. The molecule has 0 bridgehead atoms. The highest BCUT2D eigenvalue weighted by molar-refractivity contribution is 6.04. The Balaban J connectivity index is 2.28. The van der Waals surface area contributed by atoms with Crippen molar-refractivity contribution in [1.82, 2.24) is 5.32 Å². The van der Waals surface area contributed by atoms with Crippen molar-refractivity contribution in [3.63, 3.8) is 0 Å². The number of carboxylic acids is 1. The summed E-state index contributed by atoms with van der Waals surface area (Å²) in [5, 5.41) is 15.3. The van der Waals surface area contributed by atoms with E-state index in [2.05, 4.69) is 10.6 Å². The molecule has 5 heteroatoms. The third-order valence-corrected chi connectivity index (χ3v) is 4.02. The minimum absolute atomic E-state index is 0.148. The molecule has 1 aromatic carbocycles. The van der Waals surface area contributed by atoms with Gasteiger partial charge in [-0.15, -0.1) is 0 Å². The Bertz CT molecular complexity index is 534. The third kappa shape index (κ3) is 2.54. The first kappa shape index (κ1) is 14.5. The quantitative estimate of drug-likeness (QED) is 0.787. The van der Waals surface area contributed by atoms with Crippen LogP contribution in [0.1, 0.15) is 42.1 Å². The van der Waals surface area contributed by atoms with Crippen LogP contribution < -0.4 is 10.6 Å². The largest absolute Gasteiger partial charge is 0.478 e. The van der Waals surface area contributed by atoms with Crippen LogP contribution in [0.5, 0.6) is 0 Å². The number of anilines is 1. The van der Waals surface area contributed by atoms with Gasteiger partial charge in [-0.2, -0.15) is 0 Å². The lowest BCUT2D eigenvalue weighted by atomic mass is 9.92. The normalized spacial score (nSPS) is 21.7. The zero-order chi connectivity index (χ0) is 14.8. The number of carbonyl (C=O) groups is 2. The molecular weight excluding hydrogens is 256 g/mol. The molecule has 1 atom stereocenters. The second-order valence-electron chi connectivity index (χ2n) is 5.22. The van der Waals surface area contributed by atoms with Crippen LogP contribution in [0.2, 0.25) is 0 Å². The van der Waals surface area contributed by atoms with E-state index in [1.807, 2.05) is 6.92 Å². The van der Waals surface area contributed by atoms with Gasteiger partial charge in [0.05, 0.1) is 16.8 Å². The topological polar surface area (TPSA) is 78.4 Å². The smallest absolute Gasteiger partial charge is 0.338 e. The number of nitrogens with one attached hydrogen (secondary N) is 2. The van der Waals surface area contributed by atoms with Gasteiger partial charge in [-0.3, -0.25) is 4.79 Å². The highest BCUT2D eigenvalue weighted by Gasteiger charge is 2.39. The third-order valence-electron chi connectivity index (χ3n) is 4.02. The molecule has 1 aliphatic rings. The molecule has 1 unspecified atom stereocenters. The van der Waals surface area contributed by atoms with Crippen LogP contribution in [0.25, 0.3) is 0 Å². The summed E-state index contributed by atoms with van der Waals surface area (Å²) in [6.45, 7) is 4.51. The molecule has 1 amide bonds. The van der Waals surface area contributed by atoms with Crippen LogP contribution >= 0.6 is 0 Å². The zero-order valence-electron chi connectivity index (χ0n) is 11.8. The molecule has 0 spiro atoms. The molecule has 1 fully saturated rings. The van der Waals surface area contributed by atoms with Crippen LogP contribution in [0.4, 0.5) is 5.69 Å². The number of aryl methyl sites for hydroxylation is 1. The van der Waals surface area contributed by atoms with Gasteiger partial charge < -0.3 is 15.7 Å². The molecule has 108 valence electrons. The average Bonchev–Trinajstić information content (AvgIpc) is 2.88.